The molecule has 0 aromatic carbocycles. The Hall–Kier alpha value is -1.26. The summed E-state index contributed by atoms with van der Waals surface area (Å²) in [6.45, 7) is 5.77. The van der Waals surface area contributed by atoms with Gasteiger partial charge in [-0.05, 0) is 20.5 Å². The van der Waals surface area contributed by atoms with Gasteiger partial charge in [0.2, 0.25) is 5.91 Å². The minimum atomic E-state index is -0.970. The van der Waals surface area contributed by atoms with E-state index in [1.54, 1.807) is 0 Å². The fourth-order valence-corrected chi connectivity index (χ4v) is 1.72. The highest BCUT2D eigenvalue weighted by Crippen LogP contribution is 1.89. The second-order valence-corrected chi connectivity index (χ2v) is 5.85. The molecule has 0 aromatic rings. The Labute approximate surface area is 155 Å². The van der Waals surface area contributed by atoms with Gasteiger partial charge in [0.25, 0.3) is 0 Å². The molecule has 0 saturated heterocycles. The van der Waals surface area contributed by atoms with Crippen LogP contribution in [0.2, 0.25) is 0 Å². The Morgan fingerprint density at radius 2 is 1.31 bits per heavy atom. The molecule has 0 aromatic heterocycles. The summed E-state index contributed by atoms with van der Waals surface area (Å²) in [5.74, 6) is -1.22. The first-order chi connectivity index (χ1) is 12.5. The third-order valence-corrected chi connectivity index (χ3v) is 3.15. The molecule has 0 spiro atoms. The number of nitrogens with one attached hydrogen (secondary N) is 1. The summed E-state index contributed by atoms with van der Waals surface area (Å²) in [5.41, 5.74) is 0. The van der Waals surface area contributed by atoms with Crippen molar-refractivity contribution in [1.29, 1.82) is 0 Å². The van der Waals surface area contributed by atoms with E-state index in [2.05, 4.69) is 10.2 Å². The van der Waals surface area contributed by atoms with Crippen LogP contribution in [-0.2, 0) is 28.5 Å². The number of carboxylic acids is 1. The number of amides is 1. The molecule has 0 aliphatic rings. The Morgan fingerprint density at radius 3 is 1.81 bits per heavy atom. The summed E-state index contributed by atoms with van der Waals surface area (Å²) in [4.78, 5) is 23.6. The van der Waals surface area contributed by atoms with Crippen LogP contribution in [0.15, 0.2) is 0 Å². The van der Waals surface area contributed by atoms with E-state index >= 15 is 0 Å². The number of hydrogen-bond acceptors (Lipinski definition) is 7. The average Bonchev–Trinajstić information content (AvgIpc) is 2.59. The van der Waals surface area contributed by atoms with E-state index in [4.69, 9.17) is 24.1 Å². The van der Waals surface area contributed by atoms with Crippen LogP contribution >= 0.6 is 0 Å². The summed E-state index contributed by atoms with van der Waals surface area (Å²) in [7, 11) is 4.01. The molecule has 0 aliphatic heterocycles. The third kappa shape index (κ3) is 20.8. The van der Waals surface area contributed by atoms with Crippen molar-refractivity contribution in [2.24, 2.45) is 0 Å². The lowest BCUT2D eigenvalue weighted by Gasteiger charge is -2.10. The zero-order chi connectivity index (χ0) is 19.5. The molecular weight excluding hydrogens is 344 g/mol. The number of aliphatic carboxylic acids is 1. The van der Waals surface area contributed by atoms with Crippen molar-refractivity contribution in [2.45, 2.75) is 19.3 Å². The predicted octanol–water partition coefficient (Wildman–Crippen LogP) is -0.0145. The second kappa shape index (κ2) is 18.5. The van der Waals surface area contributed by atoms with Crippen molar-refractivity contribution in [3.8, 4) is 0 Å². The Balaban J connectivity index is 3.11. The van der Waals surface area contributed by atoms with Crippen LogP contribution in [0.25, 0.3) is 0 Å². The number of carbonyl (C=O) groups excluding carboxylic acids is 1. The summed E-state index contributed by atoms with van der Waals surface area (Å²) in [5, 5.41) is 11.1. The Bertz CT molecular complexity index is 354. The van der Waals surface area contributed by atoms with E-state index in [1.165, 1.54) is 0 Å². The summed E-state index contributed by atoms with van der Waals surface area (Å²) >= 11 is 0. The molecular formula is C17H34N2O7. The largest absolute Gasteiger partial charge is 0.481 e. The molecule has 0 bridgehead atoms. The van der Waals surface area contributed by atoms with Crippen LogP contribution in [0.1, 0.15) is 19.3 Å². The van der Waals surface area contributed by atoms with E-state index in [1.807, 2.05) is 14.1 Å². The minimum absolute atomic E-state index is 0.00824. The normalized spacial score (nSPS) is 11.0. The zero-order valence-electron chi connectivity index (χ0n) is 16.0. The van der Waals surface area contributed by atoms with Gasteiger partial charge >= 0.3 is 5.97 Å². The van der Waals surface area contributed by atoms with Gasteiger partial charge < -0.3 is 34.3 Å². The lowest BCUT2D eigenvalue weighted by molar-refractivity contribution is -0.138. The lowest BCUT2D eigenvalue weighted by Crippen LogP contribution is -2.25. The van der Waals surface area contributed by atoms with Crippen molar-refractivity contribution in [1.82, 2.24) is 10.2 Å². The molecule has 1 amide bonds. The van der Waals surface area contributed by atoms with Gasteiger partial charge in [-0.2, -0.15) is 0 Å². The molecule has 9 heteroatoms. The van der Waals surface area contributed by atoms with Crippen molar-refractivity contribution < 1.29 is 33.6 Å². The molecule has 0 fully saturated rings. The molecule has 154 valence electrons. The van der Waals surface area contributed by atoms with E-state index in [-0.39, 0.29) is 18.7 Å². The number of carboxylic acid groups (broad SMARTS) is 1. The quantitative estimate of drug-likeness (QED) is 0.302. The molecule has 0 atom stereocenters. The summed E-state index contributed by atoms with van der Waals surface area (Å²) < 4.78 is 21.5. The van der Waals surface area contributed by atoms with Gasteiger partial charge in [0.05, 0.1) is 52.7 Å². The van der Waals surface area contributed by atoms with Crippen LogP contribution < -0.4 is 5.32 Å². The van der Waals surface area contributed by atoms with Gasteiger partial charge in [-0.25, -0.2) is 0 Å². The van der Waals surface area contributed by atoms with E-state index < -0.39 is 5.97 Å². The van der Waals surface area contributed by atoms with Crippen molar-refractivity contribution >= 4 is 11.9 Å². The van der Waals surface area contributed by atoms with Gasteiger partial charge in [-0.15, -0.1) is 0 Å². The topological polar surface area (TPSA) is 107 Å². The molecule has 0 aliphatic carbocycles. The Morgan fingerprint density at radius 1 is 0.808 bits per heavy atom. The minimum Gasteiger partial charge on any atom is -0.481 e. The number of carbonyl (C=O) groups is 2. The van der Waals surface area contributed by atoms with Crippen LogP contribution in [0.5, 0.6) is 0 Å². The molecule has 2 N–H and O–H groups in total. The molecule has 0 unspecified atom stereocenters. The smallest absolute Gasteiger partial charge is 0.303 e. The van der Waals surface area contributed by atoms with Crippen molar-refractivity contribution in [3.05, 3.63) is 0 Å². The standard InChI is InChI=1S/C17H34N2O7/c1-19(2)7-9-24-11-13-26-15-14-25-12-10-23-8-3-6-18-16(20)4-5-17(21)22/h3-15H2,1-2H3,(H,18,20)(H,21,22). The highest BCUT2D eigenvalue weighted by molar-refractivity contribution is 5.80. The summed E-state index contributed by atoms with van der Waals surface area (Å²) in [6.07, 6.45) is 0.539. The highest BCUT2D eigenvalue weighted by atomic mass is 16.6. The number of likely N-dealkylation sites (N-methyl/N-ethyl adjacent to an activating group) is 1. The predicted molar refractivity (Wildman–Crippen MR) is 96.3 cm³/mol. The molecule has 9 nitrogen and oxygen atoms in total. The molecule has 0 radical (unpaired) electrons. The van der Waals surface area contributed by atoms with Gasteiger partial charge in [-0.3, -0.25) is 9.59 Å². The molecule has 26 heavy (non-hydrogen) atoms. The molecule has 0 heterocycles. The fraction of sp³-hybridized carbons (Fsp3) is 0.882. The number of rotatable bonds is 19. The van der Waals surface area contributed by atoms with Crippen LogP contribution in [-0.4, -0.2) is 102 Å². The maximum absolute atomic E-state index is 11.3. The first-order valence-electron chi connectivity index (χ1n) is 8.96. The monoisotopic (exact) mass is 378 g/mol. The first-order valence-corrected chi connectivity index (χ1v) is 8.96. The zero-order valence-corrected chi connectivity index (χ0v) is 16.0. The first kappa shape index (κ1) is 24.7. The van der Waals surface area contributed by atoms with Gasteiger partial charge in [0.15, 0.2) is 0 Å². The van der Waals surface area contributed by atoms with E-state index in [9.17, 15) is 9.59 Å². The van der Waals surface area contributed by atoms with Crippen LogP contribution in [0.4, 0.5) is 0 Å². The van der Waals surface area contributed by atoms with Gasteiger partial charge in [0, 0.05) is 26.1 Å². The van der Waals surface area contributed by atoms with Gasteiger partial charge in [-0.1, -0.05) is 0 Å². The van der Waals surface area contributed by atoms with Crippen molar-refractivity contribution in [2.75, 3.05) is 80.0 Å². The third-order valence-electron chi connectivity index (χ3n) is 3.15. The number of nitrogens with zero attached hydrogens (tertiary/aromatic N) is 1. The summed E-state index contributed by atoms with van der Waals surface area (Å²) in [6, 6.07) is 0. The van der Waals surface area contributed by atoms with Gasteiger partial charge in [0.1, 0.15) is 0 Å². The molecule has 0 saturated carbocycles. The highest BCUT2D eigenvalue weighted by Gasteiger charge is 2.04. The maximum atomic E-state index is 11.3. The number of ether oxygens (including phenoxy) is 4. The Kier molecular flexibility index (Phi) is 17.6. The van der Waals surface area contributed by atoms with E-state index in [0.29, 0.717) is 65.8 Å². The number of hydrogen-bond donors (Lipinski definition) is 2. The van der Waals surface area contributed by atoms with E-state index in [0.717, 1.165) is 6.54 Å². The average molecular weight is 378 g/mol. The fourth-order valence-electron chi connectivity index (χ4n) is 1.72. The lowest BCUT2D eigenvalue weighted by atomic mass is 10.3. The second-order valence-electron chi connectivity index (χ2n) is 5.85. The van der Waals surface area contributed by atoms with Crippen LogP contribution in [0.3, 0.4) is 0 Å². The van der Waals surface area contributed by atoms with Crippen molar-refractivity contribution in [3.63, 3.8) is 0 Å². The molecule has 0 rings (SSSR count). The van der Waals surface area contributed by atoms with Crippen LogP contribution in [0, 0.1) is 0 Å². The SMILES string of the molecule is CN(C)CCOCCOCCOCCOCCCNC(=O)CCC(=O)O. The maximum Gasteiger partial charge on any atom is 0.303 e.